The van der Waals surface area contributed by atoms with E-state index >= 15 is 0 Å². The Labute approximate surface area is 146 Å². The molecule has 1 fully saturated rings. The minimum absolute atomic E-state index is 0.0330. The van der Waals surface area contributed by atoms with Gasteiger partial charge in [0.15, 0.2) is 5.69 Å². The van der Waals surface area contributed by atoms with Crippen LogP contribution in [0, 0.1) is 12.4 Å². The standard InChI is InChI=1S/C18H19FN4O2/c1-20-14-4-3-13(16(19)9-14)12-25-18-11-15(24-2)10-17(22-18)23-7-5-21-6-8-23/h3-4,9-11,21H,5-8,12H2,2H3. The molecule has 0 spiro atoms. The number of piperazine rings is 1. The van der Waals surface area contributed by atoms with E-state index in [2.05, 4.69) is 20.0 Å². The number of nitrogens with zero attached hydrogens (tertiary/aromatic N) is 3. The lowest BCUT2D eigenvalue weighted by Gasteiger charge is -2.28. The van der Waals surface area contributed by atoms with Gasteiger partial charge in [0.25, 0.3) is 0 Å². The highest BCUT2D eigenvalue weighted by atomic mass is 19.1. The molecule has 1 aromatic carbocycles. The van der Waals surface area contributed by atoms with Gasteiger partial charge in [0.2, 0.25) is 5.88 Å². The molecule has 1 aliphatic heterocycles. The second kappa shape index (κ2) is 7.81. The summed E-state index contributed by atoms with van der Waals surface area (Å²) in [7, 11) is 1.59. The van der Waals surface area contributed by atoms with Crippen LogP contribution in [0.5, 0.6) is 11.6 Å². The van der Waals surface area contributed by atoms with E-state index in [9.17, 15) is 4.39 Å². The first-order valence-corrected chi connectivity index (χ1v) is 8.00. The second-order valence-corrected chi connectivity index (χ2v) is 5.62. The number of pyridine rings is 1. The van der Waals surface area contributed by atoms with Crippen molar-refractivity contribution in [2.75, 3.05) is 38.2 Å². The molecule has 2 aromatic rings. The Morgan fingerprint density at radius 1 is 1.28 bits per heavy atom. The van der Waals surface area contributed by atoms with E-state index in [0.29, 0.717) is 17.2 Å². The van der Waals surface area contributed by atoms with Crippen LogP contribution >= 0.6 is 0 Å². The highest BCUT2D eigenvalue weighted by molar-refractivity contribution is 5.48. The van der Waals surface area contributed by atoms with E-state index in [0.717, 1.165) is 32.0 Å². The molecule has 1 N–H and O–H groups in total. The summed E-state index contributed by atoms with van der Waals surface area (Å²) >= 11 is 0. The highest BCUT2D eigenvalue weighted by Crippen LogP contribution is 2.26. The molecule has 0 amide bonds. The van der Waals surface area contributed by atoms with Crippen LogP contribution in [0.3, 0.4) is 0 Å². The van der Waals surface area contributed by atoms with Gasteiger partial charge in [-0.05, 0) is 6.07 Å². The van der Waals surface area contributed by atoms with Gasteiger partial charge in [0.1, 0.15) is 24.0 Å². The Hall–Kier alpha value is -2.85. The number of nitrogens with one attached hydrogen (secondary N) is 1. The Morgan fingerprint density at radius 3 is 2.76 bits per heavy atom. The van der Waals surface area contributed by atoms with Crippen LogP contribution in [0.2, 0.25) is 0 Å². The normalized spacial score (nSPS) is 14.0. The number of ether oxygens (including phenoxy) is 2. The van der Waals surface area contributed by atoms with Crippen LogP contribution in [0.25, 0.3) is 4.85 Å². The van der Waals surface area contributed by atoms with Gasteiger partial charge in [-0.1, -0.05) is 12.1 Å². The SMILES string of the molecule is [C-]#[N+]c1ccc(COc2cc(OC)cc(N3CCNCC3)n2)c(F)c1. The zero-order chi connectivity index (χ0) is 17.6. The number of halogens is 1. The van der Waals surface area contributed by atoms with Crippen molar-refractivity contribution < 1.29 is 13.9 Å². The number of hydrogen-bond donors (Lipinski definition) is 1. The molecule has 3 rings (SSSR count). The molecule has 130 valence electrons. The van der Waals surface area contributed by atoms with Gasteiger partial charge < -0.3 is 19.7 Å². The maximum absolute atomic E-state index is 14.0. The third-order valence-corrected chi connectivity index (χ3v) is 3.98. The van der Waals surface area contributed by atoms with Gasteiger partial charge in [0, 0.05) is 43.9 Å². The van der Waals surface area contributed by atoms with Gasteiger partial charge >= 0.3 is 0 Å². The van der Waals surface area contributed by atoms with Gasteiger partial charge in [0.05, 0.1) is 13.7 Å². The zero-order valence-corrected chi connectivity index (χ0v) is 14.0. The topological polar surface area (TPSA) is 51.0 Å². The average molecular weight is 342 g/mol. The summed E-state index contributed by atoms with van der Waals surface area (Å²) in [6.07, 6.45) is 0. The average Bonchev–Trinajstić information content (AvgIpc) is 2.67. The fourth-order valence-electron chi connectivity index (χ4n) is 2.59. The Balaban J connectivity index is 1.76. The fraction of sp³-hybridized carbons (Fsp3) is 0.333. The largest absolute Gasteiger partial charge is 0.496 e. The summed E-state index contributed by atoms with van der Waals surface area (Å²) in [6, 6.07) is 7.87. The van der Waals surface area contributed by atoms with Crippen molar-refractivity contribution in [2.24, 2.45) is 0 Å². The molecule has 0 radical (unpaired) electrons. The number of anilines is 1. The van der Waals surface area contributed by atoms with Gasteiger partial charge in [-0.3, -0.25) is 0 Å². The molecule has 25 heavy (non-hydrogen) atoms. The summed E-state index contributed by atoms with van der Waals surface area (Å²) in [4.78, 5) is 9.86. The van der Waals surface area contributed by atoms with Crippen molar-refractivity contribution in [1.29, 1.82) is 0 Å². The quantitative estimate of drug-likeness (QED) is 0.847. The summed E-state index contributed by atoms with van der Waals surface area (Å²) in [5, 5.41) is 3.30. The number of methoxy groups -OCH3 is 1. The third kappa shape index (κ3) is 4.17. The van der Waals surface area contributed by atoms with Crippen LogP contribution in [0.1, 0.15) is 5.56 Å². The van der Waals surface area contributed by atoms with Gasteiger partial charge in [-0.2, -0.15) is 4.98 Å². The number of benzene rings is 1. The van der Waals surface area contributed by atoms with Crippen molar-refractivity contribution in [3.05, 3.63) is 53.1 Å². The van der Waals surface area contributed by atoms with Crippen LogP contribution in [0.4, 0.5) is 15.9 Å². The summed E-state index contributed by atoms with van der Waals surface area (Å²) in [5.41, 5.74) is 0.641. The molecule has 2 heterocycles. The van der Waals surface area contributed by atoms with E-state index in [-0.39, 0.29) is 12.3 Å². The first kappa shape index (κ1) is 17.0. The summed E-state index contributed by atoms with van der Waals surface area (Å²) in [5.74, 6) is 1.34. The molecule has 0 aliphatic carbocycles. The molecule has 0 saturated carbocycles. The minimum atomic E-state index is -0.460. The zero-order valence-electron chi connectivity index (χ0n) is 14.0. The monoisotopic (exact) mass is 342 g/mol. The third-order valence-electron chi connectivity index (χ3n) is 3.98. The Kier molecular flexibility index (Phi) is 5.31. The number of hydrogen-bond acceptors (Lipinski definition) is 5. The molecule has 6 nitrogen and oxygen atoms in total. The van der Waals surface area contributed by atoms with Crippen molar-refractivity contribution in [1.82, 2.24) is 10.3 Å². The number of rotatable bonds is 5. The number of aromatic nitrogens is 1. The van der Waals surface area contributed by atoms with E-state index < -0.39 is 5.82 Å². The van der Waals surface area contributed by atoms with Crippen LogP contribution in [0.15, 0.2) is 30.3 Å². The predicted octanol–water partition coefficient (Wildman–Crippen LogP) is 2.77. The molecular formula is C18H19FN4O2. The summed E-state index contributed by atoms with van der Waals surface area (Å²) < 4.78 is 25.0. The molecule has 7 heteroatoms. The Morgan fingerprint density at radius 2 is 2.08 bits per heavy atom. The van der Waals surface area contributed by atoms with Crippen molar-refractivity contribution in [3.8, 4) is 11.6 Å². The first-order chi connectivity index (χ1) is 12.2. The lowest BCUT2D eigenvalue weighted by atomic mass is 10.2. The lowest BCUT2D eigenvalue weighted by molar-refractivity contribution is 0.285. The van der Waals surface area contributed by atoms with Gasteiger partial charge in [-0.25, -0.2) is 9.24 Å². The maximum Gasteiger partial charge on any atom is 0.219 e. The van der Waals surface area contributed by atoms with Crippen LogP contribution < -0.4 is 19.7 Å². The lowest BCUT2D eigenvalue weighted by Crippen LogP contribution is -2.43. The minimum Gasteiger partial charge on any atom is -0.496 e. The molecule has 0 atom stereocenters. The van der Waals surface area contributed by atoms with Crippen molar-refractivity contribution in [2.45, 2.75) is 6.61 Å². The molecule has 0 bridgehead atoms. The summed E-state index contributed by atoms with van der Waals surface area (Å²) in [6.45, 7) is 10.4. The second-order valence-electron chi connectivity index (χ2n) is 5.62. The molecule has 1 aliphatic rings. The Bertz CT molecular complexity index is 785. The maximum atomic E-state index is 14.0. The van der Waals surface area contributed by atoms with Crippen molar-refractivity contribution in [3.63, 3.8) is 0 Å². The smallest absolute Gasteiger partial charge is 0.219 e. The van der Waals surface area contributed by atoms with Gasteiger partial charge in [-0.15, -0.1) is 0 Å². The molecule has 1 aromatic heterocycles. The predicted molar refractivity (Wildman–Crippen MR) is 92.9 cm³/mol. The van der Waals surface area contributed by atoms with Crippen molar-refractivity contribution >= 4 is 11.5 Å². The van der Waals surface area contributed by atoms with Crippen LogP contribution in [-0.2, 0) is 6.61 Å². The van der Waals surface area contributed by atoms with E-state index in [1.165, 1.54) is 6.07 Å². The van der Waals surface area contributed by atoms with E-state index in [4.69, 9.17) is 16.0 Å². The molecule has 1 saturated heterocycles. The van der Waals surface area contributed by atoms with Crippen LogP contribution in [-0.4, -0.2) is 38.3 Å². The first-order valence-electron chi connectivity index (χ1n) is 8.00. The molecular weight excluding hydrogens is 323 g/mol. The fourth-order valence-corrected chi connectivity index (χ4v) is 2.59. The highest BCUT2D eigenvalue weighted by Gasteiger charge is 2.15. The molecule has 0 unspecified atom stereocenters. The van der Waals surface area contributed by atoms with E-state index in [1.54, 1.807) is 25.3 Å². The van der Waals surface area contributed by atoms with E-state index in [1.807, 2.05) is 6.07 Å².